The van der Waals surface area contributed by atoms with Crippen LogP contribution in [0.1, 0.15) is 11.6 Å². The highest BCUT2D eigenvalue weighted by Crippen LogP contribution is 2.29. The van der Waals surface area contributed by atoms with Crippen molar-refractivity contribution < 1.29 is 4.92 Å². The Morgan fingerprint density at radius 3 is 2.59 bits per heavy atom. The lowest BCUT2D eigenvalue weighted by molar-refractivity contribution is -0.385. The third-order valence-electron chi connectivity index (χ3n) is 4.01. The van der Waals surface area contributed by atoms with Gasteiger partial charge < -0.3 is 9.80 Å². The van der Waals surface area contributed by atoms with E-state index >= 15 is 0 Å². The second kappa shape index (κ2) is 6.11. The van der Waals surface area contributed by atoms with E-state index in [-0.39, 0.29) is 11.7 Å². The minimum atomic E-state index is -0.421. The van der Waals surface area contributed by atoms with Crippen molar-refractivity contribution >= 4 is 11.5 Å². The summed E-state index contributed by atoms with van der Waals surface area (Å²) in [5.74, 6) is 0.785. The highest BCUT2D eigenvalue weighted by molar-refractivity contribution is 5.46. The third-order valence-corrected chi connectivity index (χ3v) is 4.01. The normalized spacial score (nSPS) is 19.1. The van der Waals surface area contributed by atoms with Gasteiger partial charge >= 0.3 is 0 Å². The molecule has 0 unspecified atom stereocenters. The Balaban J connectivity index is 1.90. The molecule has 0 amide bonds. The number of aromatic nitrogens is 1. The predicted molar refractivity (Wildman–Crippen MR) is 84.9 cm³/mol. The summed E-state index contributed by atoms with van der Waals surface area (Å²) in [4.78, 5) is 19.1. The van der Waals surface area contributed by atoms with Gasteiger partial charge in [0.15, 0.2) is 0 Å². The fourth-order valence-corrected chi connectivity index (χ4v) is 2.81. The molecular weight excluding hydrogens is 280 g/mol. The van der Waals surface area contributed by atoms with E-state index in [4.69, 9.17) is 0 Å². The Morgan fingerprint density at radius 1 is 1.18 bits per heavy atom. The zero-order valence-electron chi connectivity index (χ0n) is 12.4. The first kappa shape index (κ1) is 14.5. The van der Waals surface area contributed by atoms with Gasteiger partial charge in [-0.3, -0.25) is 10.1 Å². The maximum atomic E-state index is 10.8. The van der Waals surface area contributed by atoms with Crippen molar-refractivity contribution in [2.75, 3.05) is 31.6 Å². The summed E-state index contributed by atoms with van der Waals surface area (Å²) in [6, 6.07) is 13.8. The number of likely N-dealkylation sites (N-methyl/N-ethyl adjacent to an activating group) is 1. The second-order valence-corrected chi connectivity index (χ2v) is 5.51. The van der Waals surface area contributed by atoms with Crippen LogP contribution in [-0.4, -0.2) is 41.5 Å². The number of benzene rings is 1. The van der Waals surface area contributed by atoms with Crippen LogP contribution in [0.4, 0.5) is 11.5 Å². The predicted octanol–water partition coefficient (Wildman–Crippen LogP) is 2.48. The van der Waals surface area contributed by atoms with Gasteiger partial charge in [0, 0.05) is 25.7 Å². The van der Waals surface area contributed by atoms with Crippen molar-refractivity contribution in [3.63, 3.8) is 0 Å². The number of hydrogen-bond acceptors (Lipinski definition) is 5. The molecule has 2 aromatic rings. The maximum Gasteiger partial charge on any atom is 0.287 e. The van der Waals surface area contributed by atoms with Gasteiger partial charge in [-0.15, -0.1) is 0 Å². The van der Waals surface area contributed by atoms with E-state index in [2.05, 4.69) is 34.0 Å². The van der Waals surface area contributed by atoms with Gasteiger partial charge in [0.05, 0.1) is 11.0 Å². The van der Waals surface area contributed by atoms with Crippen LogP contribution >= 0.6 is 0 Å². The van der Waals surface area contributed by atoms with Gasteiger partial charge in [-0.1, -0.05) is 30.3 Å². The van der Waals surface area contributed by atoms with E-state index in [1.807, 2.05) is 18.2 Å². The van der Waals surface area contributed by atoms with Gasteiger partial charge in [-0.05, 0) is 18.7 Å². The number of nitro groups is 1. The monoisotopic (exact) mass is 298 g/mol. The third kappa shape index (κ3) is 2.92. The molecule has 0 N–H and O–H groups in total. The smallest absolute Gasteiger partial charge is 0.287 e. The molecule has 6 heteroatoms. The molecule has 0 spiro atoms. The lowest BCUT2D eigenvalue weighted by Gasteiger charge is -2.41. The molecule has 1 fully saturated rings. The molecule has 2 heterocycles. The first-order valence-corrected chi connectivity index (χ1v) is 7.26. The molecule has 6 nitrogen and oxygen atoms in total. The van der Waals surface area contributed by atoms with Crippen molar-refractivity contribution in [3.8, 4) is 0 Å². The molecular formula is C16H18N4O2. The van der Waals surface area contributed by atoms with Gasteiger partial charge in [-0.2, -0.15) is 0 Å². The molecule has 3 rings (SSSR count). The summed E-state index contributed by atoms with van der Waals surface area (Å²) >= 11 is 0. The van der Waals surface area contributed by atoms with E-state index in [0.717, 1.165) is 25.5 Å². The Morgan fingerprint density at radius 2 is 1.95 bits per heavy atom. The quantitative estimate of drug-likeness (QED) is 0.643. The molecule has 1 saturated heterocycles. The van der Waals surface area contributed by atoms with E-state index in [1.165, 1.54) is 17.8 Å². The molecule has 0 bridgehead atoms. The number of anilines is 1. The van der Waals surface area contributed by atoms with Crippen LogP contribution in [0.3, 0.4) is 0 Å². The molecule has 0 radical (unpaired) electrons. The summed E-state index contributed by atoms with van der Waals surface area (Å²) in [6.45, 7) is 2.70. The van der Waals surface area contributed by atoms with E-state index in [9.17, 15) is 10.1 Å². The van der Waals surface area contributed by atoms with Crippen LogP contribution in [-0.2, 0) is 0 Å². The summed E-state index contributed by atoms with van der Waals surface area (Å²) < 4.78 is 0. The highest BCUT2D eigenvalue weighted by atomic mass is 16.6. The maximum absolute atomic E-state index is 10.8. The van der Waals surface area contributed by atoms with Crippen LogP contribution < -0.4 is 4.90 Å². The van der Waals surface area contributed by atoms with Crippen LogP contribution in [0.5, 0.6) is 0 Å². The Hall–Kier alpha value is -2.47. The summed E-state index contributed by atoms with van der Waals surface area (Å²) in [6.07, 6.45) is 1.33. The standard InChI is InChI=1S/C16H18N4O2/c1-18-9-10-19(15(12-18)13-5-3-2-4-6-13)16-8-7-14(11-17-16)20(21)22/h2-8,11,15H,9-10,12H2,1H3/t15-/m0/s1. The lowest BCUT2D eigenvalue weighted by Crippen LogP contribution is -2.47. The van der Waals surface area contributed by atoms with Crippen LogP contribution in [0.2, 0.25) is 0 Å². The molecule has 1 aliphatic heterocycles. The van der Waals surface area contributed by atoms with Crippen LogP contribution in [0.15, 0.2) is 48.7 Å². The Bertz CT molecular complexity index is 645. The first-order chi connectivity index (χ1) is 10.6. The largest absolute Gasteiger partial charge is 0.347 e. The minimum absolute atomic E-state index is 0.0224. The SMILES string of the molecule is CN1CCN(c2ccc([N+](=O)[O-])cn2)[C@H](c2ccccc2)C1. The molecule has 1 aliphatic rings. The van der Waals surface area contributed by atoms with Crippen molar-refractivity contribution in [2.24, 2.45) is 0 Å². The van der Waals surface area contributed by atoms with E-state index < -0.39 is 4.92 Å². The van der Waals surface area contributed by atoms with Crippen LogP contribution in [0.25, 0.3) is 0 Å². The average Bonchev–Trinajstić information content (AvgIpc) is 2.56. The van der Waals surface area contributed by atoms with Crippen molar-refractivity contribution in [2.45, 2.75) is 6.04 Å². The second-order valence-electron chi connectivity index (χ2n) is 5.51. The zero-order valence-corrected chi connectivity index (χ0v) is 12.4. The molecule has 22 heavy (non-hydrogen) atoms. The molecule has 0 aliphatic carbocycles. The molecule has 1 atom stereocenters. The number of piperazine rings is 1. The topological polar surface area (TPSA) is 62.5 Å². The summed E-state index contributed by atoms with van der Waals surface area (Å²) in [5, 5.41) is 10.8. The van der Waals surface area contributed by atoms with Gasteiger partial charge in [0.1, 0.15) is 12.0 Å². The van der Waals surface area contributed by atoms with Crippen LogP contribution in [0, 0.1) is 10.1 Å². The fourth-order valence-electron chi connectivity index (χ4n) is 2.81. The number of rotatable bonds is 3. The number of nitrogens with zero attached hydrogens (tertiary/aromatic N) is 4. The summed E-state index contributed by atoms with van der Waals surface area (Å²) in [7, 11) is 2.11. The lowest BCUT2D eigenvalue weighted by atomic mass is 10.0. The Labute approximate surface area is 129 Å². The van der Waals surface area contributed by atoms with Crippen molar-refractivity contribution in [3.05, 3.63) is 64.3 Å². The molecule has 1 aromatic heterocycles. The zero-order chi connectivity index (χ0) is 15.5. The van der Waals surface area contributed by atoms with Gasteiger partial charge in [0.25, 0.3) is 5.69 Å². The summed E-state index contributed by atoms with van der Waals surface area (Å²) in [5.41, 5.74) is 1.25. The first-order valence-electron chi connectivity index (χ1n) is 7.26. The number of pyridine rings is 1. The average molecular weight is 298 g/mol. The van der Waals surface area contributed by atoms with E-state index in [0.29, 0.717) is 0 Å². The minimum Gasteiger partial charge on any atom is -0.347 e. The number of hydrogen-bond donors (Lipinski definition) is 0. The van der Waals surface area contributed by atoms with Crippen molar-refractivity contribution in [1.82, 2.24) is 9.88 Å². The highest BCUT2D eigenvalue weighted by Gasteiger charge is 2.27. The fraction of sp³-hybridized carbons (Fsp3) is 0.312. The van der Waals surface area contributed by atoms with Gasteiger partial charge in [0.2, 0.25) is 0 Å². The van der Waals surface area contributed by atoms with E-state index in [1.54, 1.807) is 6.07 Å². The van der Waals surface area contributed by atoms with Crippen molar-refractivity contribution in [1.29, 1.82) is 0 Å². The molecule has 114 valence electrons. The van der Waals surface area contributed by atoms with Gasteiger partial charge in [-0.25, -0.2) is 4.98 Å². The Kier molecular flexibility index (Phi) is 4.02. The molecule has 0 saturated carbocycles. The molecule has 1 aromatic carbocycles.